The third-order valence-corrected chi connectivity index (χ3v) is 3.25. The van der Waals surface area contributed by atoms with E-state index in [0.717, 1.165) is 6.54 Å². The van der Waals surface area contributed by atoms with Gasteiger partial charge in [0.1, 0.15) is 0 Å². The summed E-state index contributed by atoms with van der Waals surface area (Å²) in [5.74, 6) is 0. The molecule has 0 aliphatic carbocycles. The van der Waals surface area contributed by atoms with Gasteiger partial charge >= 0.3 is 0 Å². The van der Waals surface area contributed by atoms with Crippen LogP contribution in [0.15, 0.2) is 48.5 Å². The molecule has 0 spiro atoms. The van der Waals surface area contributed by atoms with Crippen LogP contribution in [0.1, 0.15) is 24.1 Å². The average molecular weight is 254 g/mol. The highest BCUT2D eigenvalue weighted by Crippen LogP contribution is 2.25. The maximum Gasteiger partial charge on any atom is 0.0266 e. The van der Waals surface area contributed by atoms with Crippen molar-refractivity contribution in [2.45, 2.75) is 19.5 Å². The largest absolute Gasteiger partial charge is 0.324 e. The molecule has 19 heavy (non-hydrogen) atoms. The average Bonchev–Trinajstić information content (AvgIpc) is 2.39. The molecule has 2 aromatic rings. The highest BCUT2D eigenvalue weighted by Gasteiger charge is 2.06. The highest BCUT2D eigenvalue weighted by atomic mass is 15.0. The molecule has 0 aliphatic rings. The zero-order valence-corrected chi connectivity index (χ0v) is 11.9. The van der Waals surface area contributed by atoms with E-state index in [1.807, 2.05) is 6.92 Å². The number of nitrogens with zero attached hydrogens (tertiary/aromatic N) is 1. The highest BCUT2D eigenvalue weighted by molar-refractivity contribution is 5.67. The Morgan fingerprint density at radius 3 is 2.21 bits per heavy atom. The predicted molar refractivity (Wildman–Crippen MR) is 81.9 cm³/mol. The summed E-state index contributed by atoms with van der Waals surface area (Å²) in [6.45, 7) is 2.96. The number of hydrogen-bond donors (Lipinski definition) is 1. The fraction of sp³-hybridized carbons (Fsp3) is 0.294. The summed E-state index contributed by atoms with van der Waals surface area (Å²) in [7, 11) is 4.19. The van der Waals surface area contributed by atoms with Crippen molar-refractivity contribution in [2.24, 2.45) is 5.73 Å². The second-order valence-electron chi connectivity index (χ2n) is 5.31. The van der Waals surface area contributed by atoms with Gasteiger partial charge in [-0.25, -0.2) is 0 Å². The van der Waals surface area contributed by atoms with Crippen molar-refractivity contribution in [2.75, 3.05) is 14.1 Å². The fourth-order valence-electron chi connectivity index (χ4n) is 2.25. The summed E-state index contributed by atoms with van der Waals surface area (Å²) < 4.78 is 0. The second-order valence-corrected chi connectivity index (χ2v) is 5.31. The molecule has 0 fully saturated rings. The van der Waals surface area contributed by atoms with Gasteiger partial charge in [0.05, 0.1) is 0 Å². The molecule has 100 valence electrons. The normalized spacial score (nSPS) is 12.7. The van der Waals surface area contributed by atoms with Crippen molar-refractivity contribution in [1.82, 2.24) is 4.90 Å². The smallest absolute Gasteiger partial charge is 0.0266 e. The van der Waals surface area contributed by atoms with E-state index in [1.54, 1.807) is 0 Å². The van der Waals surface area contributed by atoms with E-state index in [1.165, 1.54) is 22.3 Å². The lowest BCUT2D eigenvalue weighted by molar-refractivity contribution is 0.403. The predicted octanol–water partition coefficient (Wildman–Crippen LogP) is 3.43. The Bertz CT molecular complexity index is 527. The summed E-state index contributed by atoms with van der Waals surface area (Å²) >= 11 is 0. The van der Waals surface area contributed by atoms with Gasteiger partial charge in [-0.05, 0) is 43.3 Å². The van der Waals surface area contributed by atoms with Gasteiger partial charge < -0.3 is 10.6 Å². The van der Waals surface area contributed by atoms with Gasteiger partial charge in [-0.15, -0.1) is 0 Å². The maximum absolute atomic E-state index is 5.89. The molecular formula is C17H22N2. The number of benzene rings is 2. The number of nitrogens with two attached hydrogens (primary N) is 1. The summed E-state index contributed by atoms with van der Waals surface area (Å²) in [6.07, 6.45) is 0. The Morgan fingerprint density at radius 2 is 1.63 bits per heavy atom. The molecule has 2 aromatic carbocycles. The summed E-state index contributed by atoms with van der Waals surface area (Å²) in [5.41, 5.74) is 11.0. The van der Waals surface area contributed by atoms with Crippen molar-refractivity contribution in [1.29, 1.82) is 0 Å². The maximum atomic E-state index is 5.89. The topological polar surface area (TPSA) is 29.3 Å². The van der Waals surface area contributed by atoms with E-state index in [2.05, 4.69) is 67.5 Å². The van der Waals surface area contributed by atoms with Crippen LogP contribution in [0.4, 0.5) is 0 Å². The van der Waals surface area contributed by atoms with E-state index < -0.39 is 0 Å². The molecule has 0 radical (unpaired) electrons. The first-order valence-corrected chi connectivity index (χ1v) is 6.66. The second kappa shape index (κ2) is 6.00. The molecule has 2 rings (SSSR count). The van der Waals surface area contributed by atoms with Crippen LogP contribution in [0.25, 0.3) is 11.1 Å². The lowest BCUT2D eigenvalue weighted by Gasteiger charge is -2.15. The molecule has 0 aliphatic heterocycles. The Balaban J connectivity index is 2.35. The molecule has 0 aromatic heterocycles. The zero-order chi connectivity index (χ0) is 13.8. The standard InChI is InChI=1S/C17H22N2/c1-13(18)14-8-10-15(11-9-14)17-7-5-4-6-16(17)12-19(2)3/h4-11,13H,12,18H2,1-3H3. The van der Waals surface area contributed by atoms with Gasteiger partial charge in [-0.1, -0.05) is 48.5 Å². The van der Waals surface area contributed by atoms with E-state index in [9.17, 15) is 0 Å². The minimum Gasteiger partial charge on any atom is -0.324 e. The Hall–Kier alpha value is -1.64. The summed E-state index contributed by atoms with van der Waals surface area (Å²) in [5, 5.41) is 0. The SMILES string of the molecule is CC(N)c1ccc(-c2ccccc2CN(C)C)cc1. The van der Waals surface area contributed by atoms with Crippen molar-refractivity contribution >= 4 is 0 Å². The molecule has 2 heteroatoms. The Morgan fingerprint density at radius 1 is 1.00 bits per heavy atom. The minimum absolute atomic E-state index is 0.0890. The molecule has 2 N–H and O–H groups in total. The van der Waals surface area contributed by atoms with E-state index >= 15 is 0 Å². The Labute approximate surface area is 115 Å². The van der Waals surface area contributed by atoms with Gasteiger partial charge in [0, 0.05) is 12.6 Å². The fourth-order valence-corrected chi connectivity index (χ4v) is 2.25. The minimum atomic E-state index is 0.0890. The van der Waals surface area contributed by atoms with Gasteiger partial charge in [-0.2, -0.15) is 0 Å². The lowest BCUT2D eigenvalue weighted by Crippen LogP contribution is -2.11. The molecule has 0 bridgehead atoms. The van der Waals surface area contributed by atoms with Crippen molar-refractivity contribution in [3.05, 3.63) is 59.7 Å². The van der Waals surface area contributed by atoms with Gasteiger partial charge in [0.2, 0.25) is 0 Å². The summed E-state index contributed by atoms with van der Waals surface area (Å²) in [4.78, 5) is 2.19. The van der Waals surface area contributed by atoms with Gasteiger partial charge in [0.15, 0.2) is 0 Å². The van der Waals surface area contributed by atoms with Gasteiger partial charge in [0.25, 0.3) is 0 Å². The first-order valence-electron chi connectivity index (χ1n) is 6.66. The van der Waals surface area contributed by atoms with Crippen LogP contribution in [-0.2, 0) is 6.54 Å². The molecular weight excluding hydrogens is 232 g/mol. The molecule has 0 heterocycles. The first-order chi connectivity index (χ1) is 9.08. The quantitative estimate of drug-likeness (QED) is 0.905. The van der Waals surface area contributed by atoms with Crippen molar-refractivity contribution in [3.8, 4) is 11.1 Å². The van der Waals surface area contributed by atoms with Crippen LogP contribution in [0.2, 0.25) is 0 Å². The molecule has 0 saturated heterocycles. The third kappa shape index (κ3) is 3.43. The first kappa shape index (κ1) is 13.8. The van der Waals surface area contributed by atoms with Crippen LogP contribution in [0, 0.1) is 0 Å². The monoisotopic (exact) mass is 254 g/mol. The lowest BCUT2D eigenvalue weighted by atomic mass is 9.97. The van der Waals surface area contributed by atoms with Crippen molar-refractivity contribution in [3.63, 3.8) is 0 Å². The summed E-state index contributed by atoms with van der Waals surface area (Å²) in [6, 6.07) is 17.2. The molecule has 0 saturated carbocycles. The van der Waals surface area contributed by atoms with E-state index in [4.69, 9.17) is 5.73 Å². The molecule has 2 nitrogen and oxygen atoms in total. The zero-order valence-electron chi connectivity index (χ0n) is 11.9. The van der Waals surface area contributed by atoms with Gasteiger partial charge in [-0.3, -0.25) is 0 Å². The van der Waals surface area contributed by atoms with Crippen LogP contribution < -0.4 is 5.73 Å². The van der Waals surface area contributed by atoms with Crippen LogP contribution >= 0.6 is 0 Å². The third-order valence-electron chi connectivity index (χ3n) is 3.25. The molecule has 1 unspecified atom stereocenters. The number of rotatable bonds is 4. The van der Waals surface area contributed by atoms with E-state index in [-0.39, 0.29) is 6.04 Å². The molecule has 0 amide bonds. The van der Waals surface area contributed by atoms with Crippen LogP contribution in [0.3, 0.4) is 0 Å². The number of hydrogen-bond acceptors (Lipinski definition) is 2. The Kier molecular flexibility index (Phi) is 4.35. The van der Waals surface area contributed by atoms with Crippen molar-refractivity contribution < 1.29 is 0 Å². The van der Waals surface area contributed by atoms with Crippen LogP contribution in [0.5, 0.6) is 0 Å². The van der Waals surface area contributed by atoms with E-state index in [0.29, 0.717) is 0 Å². The van der Waals surface area contributed by atoms with Crippen LogP contribution in [-0.4, -0.2) is 19.0 Å². The molecule has 1 atom stereocenters.